The molecule has 1 heterocycles. The van der Waals surface area contributed by atoms with Gasteiger partial charge in [-0.1, -0.05) is 61.0 Å². The summed E-state index contributed by atoms with van der Waals surface area (Å²) >= 11 is 0. The molecule has 0 aliphatic carbocycles. The number of terminal acetylenes is 1. The minimum atomic E-state index is 0.0151. The Morgan fingerprint density at radius 1 is 1.19 bits per heavy atom. The van der Waals surface area contributed by atoms with Crippen LogP contribution >= 0.6 is 0 Å². The van der Waals surface area contributed by atoms with Gasteiger partial charge in [0.25, 0.3) is 0 Å². The summed E-state index contributed by atoms with van der Waals surface area (Å²) in [4.78, 5) is 0. The van der Waals surface area contributed by atoms with Crippen molar-refractivity contribution in [3.8, 4) is 18.1 Å². The molecule has 1 aliphatic rings. The van der Waals surface area contributed by atoms with E-state index < -0.39 is 0 Å². The zero-order chi connectivity index (χ0) is 14.8. The highest BCUT2D eigenvalue weighted by atomic mass is 16.5. The Balaban J connectivity index is 1.99. The van der Waals surface area contributed by atoms with Gasteiger partial charge < -0.3 is 4.74 Å². The molecule has 2 aromatic rings. The van der Waals surface area contributed by atoms with Crippen LogP contribution in [0.5, 0.6) is 5.75 Å². The second kappa shape index (κ2) is 5.50. The number of para-hydroxylation sites is 1. The lowest BCUT2D eigenvalue weighted by Gasteiger charge is -2.33. The maximum absolute atomic E-state index is 5.99. The SMILES string of the molecule is C#C[C@@H]1c2cccc(C)c2OC[C@@H]1C(=C)c1ccccc1. The Hall–Kier alpha value is -2.46. The van der Waals surface area contributed by atoms with Gasteiger partial charge in [0.15, 0.2) is 0 Å². The number of hydrogen-bond acceptors (Lipinski definition) is 1. The number of fused-ring (bicyclic) bond motifs is 1. The third kappa shape index (κ3) is 2.34. The van der Waals surface area contributed by atoms with Crippen LogP contribution in [0.4, 0.5) is 0 Å². The van der Waals surface area contributed by atoms with Crippen molar-refractivity contribution in [3.05, 3.63) is 71.8 Å². The predicted molar refractivity (Wildman–Crippen MR) is 87.2 cm³/mol. The maximum atomic E-state index is 5.99. The zero-order valence-electron chi connectivity index (χ0n) is 12.2. The molecule has 104 valence electrons. The number of hydrogen-bond donors (Lipinski definition) is 0. The van der Waals surface area contributed by atoms with Crippen molar-refractivity contribution in [2.45, 2.75) is 12.8 Å². The first-order chi connectivity index (χ1) is 10.2. The molecule has 2 atom stereocenters. The van der Waals surface area contributed by atoms with Gasteiger partial charge in [0.05, 0.1) is 12.5 Å². The molecular formula is C20H18O. The molecule has 0 fully saturated rings. The lowest BCUT2D eigenvalue weighted by molar-refractivity contribution is 0.243. The molecule has 0 radical (unpaired) electrons. The number of ether oxygens (including phenoxy) is 1. The molecule has 3 rings (SSSR count). The molecule has 21 heavy (non-hydrogen) atoms. The van der Waals surface area contributed by atoms with Crippen LogP contribution in [-0.2, 0) is 0 Å². The molecule has 1 heteroatoms. The van der Waals surface area contributed by atoms with Gasteiger partial charge in [-0.15, -0.1) is 6.42 Å². The van der Waals surface area contributed by atoms with E-state index in [0.29, 0.717) is 6.61 Å². The van der Waals surface area contributed by atoms with Gasteiger partial charge in [0.1, 0.15) is 5.75 Å². The standard InChI is InChI=1S/C20H18O/c1-4-17-18-12-8-9-14(2)20(18)21-13-19(17)15(3)16-10-6-5-7-11-16/h1,5-12,17,19H,3,13H2,2H3/t17-,19-/m1/s1. The molecule has 0 spiro atoms. The normalized spacial score (nSPS) is 20.0. The Morgan fingerprint density at radius 3 is 2.67 bits per heavy atom. The van der Waals surface area contributed by atoms with Crippen LogP contribution in [0.3, 0.4) is 0 Å². The highest BCUT2D eigenvalue weighted by Crippen LogP contribution is 2.43. The van der Waals surface area contributed by atoms with Crippen molar-refractivity contribution in [1.82, 2.24) is 0 Å². The second-order valence-corrected chi connectivity index (χ2v) is 5.45. The Labute approximate surface area is 126 Å². The van der Waals surface area contributed by atoms with Crippen LogP contribution in [0, 0.1) is 25.2 Å². The summed E-state index contributed by atoms with van der Waals surface area (Å²) in [7, 11) is 0. The van der Waals surface area contributed by atoms with Gasteiger partial charge >= 0.3 is 0 Å². The van der Waals surface area contributed by atoms with Crippen LogP contribution in [0.15, 0.2) is 55.1 Å². The number of benzene rings is 2. The first-order valence-corrected chi connectivity index (χ1v) is 7.15. The molecule has 1 aliphatic heterocycles. The van der Waals surface area contributed by atoms with E-state index in [9.17, 15) is 0 Å². The van der Waals surface area contributed by atoms with Gasteiger partial charge in [-0.25, -0.2) is 0 Å². The number of aryl methyl sites for hydroxylation is 1. The van der Waals surface area contributed by atoms with E-state index in [1.807, 2.05) is 24.3 Å². The lowest BCUT2D eigenvalue weighted by atomic mass is 9.78. The predicted octanol–water partition coefficient (Wildman–Crippen LogP) is 4.43. The maximum Gasteiger partial charge on any atom is 0.126 e. The topological polar surface area (TPSA) is 9.23 Å². The van der Waals surface area contributed by atoms with Gasteiger partial charge in [-0.3, -0.25) is 0 Å². The summed E-state index contributed by atoms with van der Waals surface area (Å²) in [6.45, 7) is 6.90. The fraction of sp³-hybridized carbons (Fsp3) is 0.200. The molecule has 0 amide bonds. The smallest absolute Gasteiger partial charge is 0.126 e. The summed E-state index contributed by atoms with van der Waals surface area (Å²) in [6.07, 6.45) is 5.83. The van der Waals surface area contributed by atoms with Crippen LogP contribution in [0.1, 0.15) is 22.6 Å². The molecule has 0 bridgehead atoms. The van der Waals surface area contributed by atoms with Crippen molar-refractivity contribution in [3.63, 3.8) is 0 Å². The van der Waals surface area contributed by atoms with E-state index in [4.69, 9.17) is 11.2 Å². The third-order valence-corrected chi connectivity index (χ3v) is 4.16. The minimum absolute atomic E-state index is 0.0151. The summed E-state index contributed by atoms with van der Waals surface area (Å²) in [6, 6.07) is 16.3. The van der Waals surface area contributed by atoms with Crippen molar-refractivity contribution < 1.29 is 4.74 Å². The largest absolute Gasteiger partial charge is 0.492 e. The van der Waals surface area contributed by atoms with Crippen molar-refractivity contribution in [2.24, 2.45) is 5.92 Å². The Morgan fingerprint density at radius 2 is 1.95 bits per heavy atom. The average molecular weight is 274 g/mol. The lowest BCUT2D eigenvalue weighted by Crippen LogP contribution is -2.26. The fourth-order valence-electron chi connectivity index (χ4n) is 2.98. The highest BCUT2D eigenvalue weighted by molar-refractivity contribution is 5.68. The molecular weight excluding hydrogens is 256 g/mol. The highest BCUT2D eigenvalue weighted by Gasteiger charge is 2.32. The first kappa shape index (κ1) is 13.5. The van der Waals surface area contributed by atoms with E-state index in [1.165, 1.54) is 0 Å². The van der Waals surface area contributed by atoms with E-state index in [-0.39, 0.29) is 11.8 Å². The van der Waals surface area contributed by atoms with Crippen molar-refractivity contribution in [2.75, 3.05) is 6.61 Å². The van der Waals surface area contributed by atoms with Crippen LogP contribution < -0.4 is 4.74 Å². The summed E-state index contributed by atoms with van der Waals surface area (Å²) in [5, 5.41) is 0. The van der Waals surface area contributed by atoms with Gasteiger partial charge in [-0.2, -0.15) is 0 Å². The fourth-order valence-corrected chi connectivity index (χ4v) is 2.98. The van der Waals surface area contributed by atoms with Gasteiger partial charge in [-0.05, 0) is 23.6 Å². The Bertz CT molecular complexity index is 706. The number of rotatable bonds is 2. The first-order valence-electron chi connectivity index (χ1n) is 7.15. The molecule has 0 saturated carbocycles. The van der Waals surface area contributed by atoms with Crippen LogP contribution in [0.2, 0.25) is 0 Å². The summed E-state index contributed by atoms with van der Waals surface area (Å²) in [5.74, 6) is 4.02. The van der Waals surface area contributed by atoms with Gasteiger partial charge in [0, 0.05) is 11.5 Å². The third-order valence-electron chi connectivity index (χ3n) is 4.16. The van der Waals surface area contributed by atoms with E-state index in [2.05, 4.69) is 43.7 Å². The van der Waals surface area contributed by atoms with Crippen LogP contribution in [0.25, 0.3) is 5.57 Å². The van der Waals surface area contributed by atoms with Crippen molar-refractivity contribution >= 4 is 5.57 Å². The second-order valence-electron chi connectivity index (χ2n) is 5.45. The van der Waals surface area contributed by atoms with Crippen LogP contribution in [-0.4, -0.2) is 6.61 Å². The molecule has 0 aromatic heterocycles. The minimum Gasteiger partial charge on any atom is -0.492 e. The monoisotopic (exact) mass is 274 g/mol. The molecule has 1 nitrogen and oxygen atoms in total. The summed E-state index contributed by atoms with van der Waals surface area (Å²) < 4.78 is 5.99. The molecule has 2 aromatic carbocycles. The molecule has 0 saturated heterocycles. The Kier molecular flexibility index (Phi) is 3.54. The average Bonchev–Trinajstić information content (AvgIpc) is 2.54. The van der Waals surface area contributed by atoms with E-state index in [1.54, 1.807) is 0 Å². The van der Waals surface area contributed by atoms with Crippen molar-refractivity contribution in [1.29, 1.82) is 0 Å². The summed E-state index contributed by atoms with van der Waals surface area (Å²) in [5.41, 5.74) is 4.41. The van der Waals surface area contributed by atoms with E-state index in [0.717, 1.165) is 28.0 Å². The quantitative estimate of drug-likeness (QED) is 0.736. The molecule has 0 N–H and O–H groups in total. The zero-order valence-corrected chi connectivity index (χ0v) is 12.2. The molecule has 0 unspecified atom stereocenters. The van der Waals surface area contributed by atoms with Gasteiger partial charge in [0.2, 0.25) is 0 Å². The van der Waals surface area contributed by atoms with E-state index >= 15 is 0 Å².